The Labute approximate surface area is 129 Å². The fourth-order valence-electron chi connectivity index (χ4n) is 2.02. The monoisotopic (exact) mass is 302 g/mol. The molecule has 0 atom stereocenters. The molecule has 0 fully saturated rings. The lowest BCUT2D eigenvalue weighted by Crippen LogP contribution is -2.26. The highest BCUT2D eigenvalue weighted by Gasteiger charge is 2.13. The molecule has 0 aliphatic carbocycles. The van der Waals surface area contributed by atoms with E-state index in [-0.39, 0.29) is 17.8 Å². The minimum Gasteiger partial charge on any atom is -0.475 e. The van der Waals surface area contributed by atoms with Gasteiger partial charge in [-0.1, -0.05) is 12.1 Å². The molecular formula is C17H19FN2O2. The van der Waals surface area contributed by atoms with E-state index in [4.69, 9.17) is 4.74 Å². The van der Waals surface area contributed by atoms with E-state index in [9.17, 15) is 9.18 Å². The van der Waals surface area contributed by atoms with E-state index in [1.165, 1.54) is 23.2 Å². The lowest BCUT2D eigenvalue weighted by atomic mass is 10.2. The van der Waals surface area contributed by atoms with E-state index in [1.54, 1.807) is 31.3 Å². The van der Waals surface area contributed by atoms with Crippen LogP contribution in [0.5, 0.6) is 5.88 Å². The van der Waals surface area contributed by atoms with E-state index >= 15 is 0 Å². The van der Waals surface area contributed by atoms with Crippen LogP contribution in [0.1, 0.15) is 29.8 Å². The number of aromatic nitrogens is 1. The van der Waals surface area contributed by atoms with Crippen molar-refractivity contribution in [1.29, 1.82) is 0 Å². The molecule has 4 nitrogen and oxygen atoms in total. The minimum atomic E-state index is -0.310. The van der Waals surface area contributed by atoms with Gasteiger partial charge in [-0.15, -0.1) is 0 Å². The molecule has 2 rings (SSSR count). The van der Waals surface area contributed by atoms with Gasteiger partial charge in [-0.2, -0.15) is 0 Å². The zero-order valence-corrected chi connectivity index (χ0v) is 12.9. The molecule has 0 N–H and O–H groups in total. The first-order valence-electron chi connectivity index (χ1n) is 7.08. The topological polar surface area (TPSA) is 42.4 Å². The molecule has 1 aromatic heterocycles. The Morgan fingerprint density at radius 3 is 2.68 bits per heavy atom. The van der Waals surface area contributed by atoms with Crippen LogP contribution >= 0.6 is 0 Å². The standard InChI is InChI=1S/C17H19FN2O2/c1-12(2)22-16-8-7-14(10-19-16)17(21)20(3)11-13-5-4-6-15(18)9-13/h4-10,12H,11H2,1-3H3. The van der Waals surface area contributed by atoms with Gasteiger partial charge in [0.05, 0.1) is 11.7 Å². The average molecular weight is 302 g/mol. The van der Waals surface area contributed by atoms with Crippen molar-refractivity contribution in [2.24, 2.45) is 0 Å². The summed E-state index contributed by atoms with van der Waals surface area (Å²) in [6.07, 6.45) is 1.52. The summed E-state index contributed by atoms with van der Waals surface area (Å²) in [5.74, 6) is 0.00222. The van der Waals surface area contributed by atoms with Crippen molar-refractivity contribution in [2.75, 3.05) is 7.05 Å². The van der Waals surface area contributed by atoms with E-state index in [0.29, 0.717) is 18.0 Å². The van der Waals surface area contributed by atoms with Gasteiger partial charge >= 0.3 is 0 Å². The number of benzene rings is 1. The Morgan fingerprint density at radius 1 is 1.32 bits per heavy atom. The van der Waals surface area contributed by atoms with Crippen molar-refractivity contribution in [1.82, 2.24) is 9.88 Å². The molecule has 1 heterocycles. The van der Waals surface area contributed by atoms with Gasteiger partial charge in [-0.25, -0.2) is 9.37 Å². The van der Waals surface area contributed by atoms with Crippen molar-refractivity contribution in [2.45, 2.75) is 26.5 Å². The van der Waals surface area contributed by atoms with Crippen molar-refractivity contribution in [3.8, 4) is 5.88 Å². The first kappa shape index (κ1) is 15.9. The highest BCUT2D eigenvalue weighted by molar-refractivity contribution is 5.93. The van der Waals surface area contributed by atoms with Gasteiger partial charge in [0.2, 0.25) is 5.88 Å². The molecular weight excluding hydrogens is 283 g/mol. The smallest absolute Gasteiger partial charge is 0.255 e. The van der Waals surface area contributed by atoms with Gasteiger partial charge in [-0.3, -0.25) is 4.79 Å². The molecule has 5 heteroatoms. The van der Waals surface area contributed by atoms with Crippen LogP contribution in [0.2, 0.25) is 0 Å². The fourth-order valence-corrected chi connectivity index (χ4v) is 2.02. The lowest BCUT2D eigenvalue weighted by Gasteiger charge is -2.17. The number of hydrogen-bond donors (Lipinski definition) is 0. The summed E-state index contributed by atoms with van der Waals surface area (Å²) in [4.78, 5) is 18.0. The molecule has 0 aliphatic rings. The number of carbonyl (C=O) groups is 1. The Bertz CT molecular complexity index is 641. The summed E-state index contributed by atoms with van der Waals surface area (Å²) in [5.41, 5.74) is 1.21. The normalized spacial score (nSPS) is 10.6. The SMILES string of the molecule is CC(C)Oc1ccc(C(=O)N(C)Cc2cccc(F)c2)cn1. The molecule has 1 amide bonds. The number of carbonyl (C=O) groups excluding carboxylic acids is 1. The van der Waals surface area contributed by atoms with Crippen molar-refractivity contribution < 1.29 is 13.9 Å². The number of halogens is 1. The van der Waals surface area contributed by atoms with Crippen LogP contribution in [0.4, 0.5) is 4.39 Å². The van der Waals surface area contributed by atoms with Gasteiger partial charge in [0.1, 0.15) is 5.82 Å². The van der Waals surface area contributed by atoms with Gasteiger partial charge < -0.3 is 9.64 Å². The Hall–Kier alpha value is -2.43. The summed E-state index contributed by atoms with van der Waals surface area (Å²) >= 11 is 0. The molecule has 116 valence electrons. The van der Waals surface area contributed by atoms with Crippen molar-refractivity contribution >= 4 is 5.91 Å². The third-order valence-electron chi connectivity index (χ3n) is 3.00. The Balaban J connectivity index is 2.04. The van der Waals surface area contributed by atoms with Gasteiger partial charge in [-0.05, 0) is 37.6 Å². The minimum absolute atomic E-state index is 0.0321. The van der Waals surface area contributed by atoms with Gasteiger partial charge in [0, 0.05) is 25.9 Å². The van der Waals surface area contributed by atoms with Crippen LogP contribution in [-0.2, 0) is 6.54 Å². The van der Waals surface area contributed by atoms with E-state index in [0.717, 1.165) is 5.56 Å². The Morgan fingerprint density at radius 2 is 2.09 bits per heavy atom. The summed E-state index contributed by atoms with van der Waals surface area (Å²) in [7, 11) is 1.67. The quantitative estimate of drug-likeness (QED) is 0.851. The fraction of sp³-hybridized carbons (Fsp3) is 0.294. The third kappa shape index (κ3) is 4.28. The molecule has 2 aromatic rings. The largest absolute Gasteiger partial charge is 0.475 e. The molecule has 0 saturated carbocycles. The van der Waals surface area contributed by atoms with E-state index in [1.807, 2.05) is 13.8 Å². The first-order chi connectivity index (χ1) is 10.5. The number of nitrogens with zero attached hydrogens (tertiary/aromatic N) is 2. The number of rotatable bonds is 5. The Kier molecular flexibility index (Phi) is 5.09. The van der Waals surface area contributed by atoms with Gasteiger partial charge in [0.15, 0.2) is 0 Å². The van der Waals surface area contributed by atoms with Crippen molar-refractivity contribution in [3.05, 3.63) is 59.5 Å². The van der Waals surface area contributed by atoms with Crippen LogP contribution in [0, 0.1) is 5.82 Å². The molecule has 22 heavy (non-hydrogen) atoms. The first-order valence-corrected chi connectivity index (χ1v) is 7.08. The molecule has 1 aromatic carbocycles. The molecule has 0 bridgehead atoms. The second-order valence-corrected chi connectivity index (χ2v) is 5.34. The predicted octanol–water partition coefficient (Wildman–Crippen LogP) is 3.28. The molecule has 0 spiro atoms. The predicted molar refractivity (Wildman–Crippen MR) is 82.2 cm³/mol. The lowest BCUT2D eigenvalue weighted by molar-refractivity contribution is 0.0784. The number of pyridine rings is 1. The maximum atomic E-state index is 13.2. The maximum Gasteiger partial charge on any atom is 0.255 e. The summed E-state index contributed by atoms with van der Waals surface area (Å²) in [5, 5.41) is 0. The number of ether oxygens (including phenoxy) is 1. The zero-order chi connectivity index (χ0) is 16.1. The van der Waals surface area contributed by atoms with E-state index in [2.05, 4.69) is 4.98 Å². The van der Waals surface area contributed by atoms with Crippen molar-refractivity contribution in [3.63, 3.8) is 0 Å². The molecule has 0 radical (unpaired) electrons. The number of hydrogen-bond acceptors (Lipinski definition) is 3. The third-order valence-corrected chi connectivity index (χ3v) is 3.00. The highest BCUT2D eigenvalue weighted by atomic mass is 19.1. The second kappa shape index (κ2) is 7.02. The van der Waals surface area contributed by atoms with E-state index < -0.39 is 0 Å². The van der Waals surface area contributed by atoms with Crippen LogP contribution in [-0.4, -0.2) is 28.9 Å². The van der Waals surface area contributed by atoms with Crippen LogP contribution in [0.15, 0.2) is 42.6 Å². The average Bonchev–Trinajstić information content (AvgIpc) is 2.46. The molecule has 0 saturated heterocycles. The summed E-state index contributed by atoms with van der Waals surface area (Å²) in [6.45, 7) is 4.15. The summed E-state index contributed by atoms with van der Waals surface area (Å²) in [6, 6.07) is 9.55. The maximum absolute atomic E-state index is 13.2. The second-order valence-electron chi connectivity index (χ2n) is 5.34. The summed E-state index contributed by atoms with van der Waals surface area (Å²) < 4.78 is 18.6. The molecule has 0 aliphatic heterocycles. The highest BCUT2D eigenvalue weighted by Crippen LogP contribution is 2.13. The molecule has 0 unspecified atom stereocenters. The van der Waals surface area contributed by atoms with Gasteiger partial charge in [0.25, 0.3) is 5.91 Å². The zero-order valence-electron chi connectivity index (χ0n) is 12.9. The van der Waals surface area contributed by atoms with Crippen LogP contribution < -0.4 is 4.74 Å². The number of amides is 1. The van der Waals surface area contributed by atoms with Crippen LogP contribution in [0.3, 0.4) is 0 Å². The van der Waals surface area contributed by atoms with Crippen LogP contribution in [0.25, 0.3) is 0 Å².